The molecular weight excluding hydrogens is 272 g/mol. The van der Waals surface area contributed by atoms with Crippen molar-refractivity contribution in [1.82, 2.24) is 4.98 Å². The van der Waals surface area contributed by atoms with Crippen LogP contribution >= 0.6 is 11.8 Å². The number of methoxy groups -OCH3 is 1. The molecule has 2 atom stereocenters. The maximum atomic E-state index is 6.11. The third-order valence-corrected chi connectivity index (χ3v) is 4.49. The van der Waals surface area contributed by atoms with E-state index < -0.39 is 0 Å². The average molecular weight is 292 g/mol. The van der Waals surface area contributed by atoms with E-state index in [1.807, 2.05) is 45.0 Å². The van der Waals surface area contributed by atoms with Crippen molar-refractivity contribution in [3.05, 3.63) is 41.3 Å². The van der Waals surface area contributed by atoms with Crippen LogP contribution in [0.2, 0.25) is 0 Å². The van der Waals surface area contributed by atoms with Crippen molar-refractivity contribution in [2.45, 2.75) is 37.3 Å². The van der Waals surface area contributed by atoms with Gasteiger partial charge in [-0.3, -0.25) is 0 Å². The molecule has 2 rings (SSSR count). The number of hydrogen-bond acceptors (Lipinski definition) is 5. The van der Waals surface area contributed by atoms with Gasteiger partial charge in [0.15, 0.2) is 0 Å². The monoisotopic (exact) mass is 292 g/mol. The second-order valence-corrected chi connectivity index (χ2v) is 5.88. The van der Waals surface area contributed by atoms with E-state index in [9.17, 15) is 0 Å². The molecule has 4 nitrogen and oxygen atoms in total. The predicted octanol–water partition coefficient (Wildman–Crippen LogP) is 3.48. The summed E-state index contributed by atoms with van der Waals surface area (Å²) in [6.07, 6.45) is 0. The molecular formula is C15H20N2O2S. The summed E-state index contributed by atoms with van der Waals surface area (Å²) in [4.78, 5) is 4.41. The Balaban J connectivity index is 2.21. The zero-order valence-corrected chi connectivity index (χ0v) is 13.0. The van der Waals surface area contributed by atoms with Crippen molar-refractivity contribution in [3.63, 3.8) is 0 Å². The molecule has 0 aliphatic rings. The number of thioether (sulfide) groups is 1. The molecule has 0 radical (unpaired) electrons. The molecule has 0 saturated heterocycles. The Bertz CT molecular complexity index is 544. The molecule has 20 heavy (non-hydrogen) atoms. The smallest absolute Gasteiger partial charge is 0.256 e. The summed E-state index contributed by atoms with van der Waals surface area (Å²) in [6, 6.07) is 7.93. The highest BCUT2D eigenvalue weighted by Gasteiger charge is 2.21. The maximum absolute atomic E-state index is 6.11. The second-order valence-electron chi connectivity index (χ2n) is 4.79. The molecule has 0 amide bonds. The highest BCUT2D eigenvalue weighted by molar-refractivity contribution is 7.99. The highest BCUT2D eigenvalue weighted by Crippen LogP contribution is 2.37. The lowest BCUT2D eigenvalue weighted by Crippen LogP contribution is -2.22. The fraction of sp³-hybridized carbons (Fsp3) is 0.400. The first-order valence-corrected chi connectivity index (χ1v) is 7.39. The van der Waals surface area contributed by atoms with Gasteiger partial charge in [0, 0.05) is 6.04 Å². The van der Waals surface area contributed by atoms with E-state index >= 15 is 0 Å². The molecule has 0 aliphatic carbocycles. The van der Waals surface area contributed by atoms with E-state index in [1.54, 1.807) is 18.9 Å². The molecule has 0 aliphatic heterocycles. The Hall–Kier alpha value is -1.46. The Morgan fingerprint density at radius 3 is 2.35 bits per heavy atom. The topological polar surface area (TPSA) is 61.3 Å². The number of oxazole rings is 1. The van der Waals surface area contributed by atoms with Crippen LogP contribution in [0.4, 0.5) is 0 Å². The third-order valence-electron chi connectivity index (χ3n) is 3.16. The second kappa shape index (κ2) is 6.33. The molecule has 1 heterocycles. The standard InChI is InChI=1S/C15H20N2O2S/c1-9(16)14(12-5-7-13(18-4)8-6-12)20-15-17-10(2)11(3)19-15/h5-9,14H,16H2,1-4H3. The summed E-state index contributed by atoms with van der Waals surface area (Å²) in [5.74, 6) is 1.69. The number of rotatable bonds is 5. The van der Waals surface area contributed by atoms with E-state index in [1.165, 1.54) is 0 Å². The van der Waals surface area contributed by atoms with Crippen LogP contribution in [0.1, 0.15) is 29.2 Å². The van der Waals surface area contributed by atoms with Crippen LogP contribution in [-0.4, -0.2) is 18.1 Å². The van der Waals surface area contributed by atoms with Crippen LogP contribution in [0, 0.1) is 13.8 Å². The number of nitrogens with two attached hydrogens (primary N) is 1. The minimum Gasteiger partial charge on any atom is -0.497 e. The van der Waals surface area contributed by atoms with Gasteiger partial charge in [0.25, 0.3) is 5.22 Å². The van der Waals surface area contributed by atoms with Crippen molar-refractivity contribution in [2.24, 2.45) is 5.73 Å². The first-order chi connectivity index (χ1) is 9.51. The Morgan fingerprint density at radius 2 is 1.90 bits per heavy atom. The van der Waals surface area contributed by atoms with Gasteiger partial charge in [0.05, 0.1) is 18.1 Å². The van der Waals surface area contributed by atoms with Crippen molar-refractivity contribution < 1.29 is 9.15 Å². The minimum atomic E-state index is -0.0130. The molecule has 2 N–H and O–H groups in total. The van der Waals surface area contributed by atoms with Crippen LogP contribution in [0.3, 0.4) is 0 Å². The summed E-state index contributed by atoms with van der Waals surface area (Å²) in [7, 11) is 1.66. The number of benzene rings is 1. The molecule has 0 saturated carbocycles. The maximum Gasteiger partial charge on any atom is 0.256 e. The molecule has 0 fully saturated rings. The molecule has 1 aromatic heterocycles. The fourth-order valence-corrected chi connectivity index (χ4v) is 2.96. The molecule has 0 spiro atoms. The first kappa shape index (κ1) is 14.9. The summed E-state index contributed by atoms with van der Waals surface area (Å²) in [5, 5.41) is 0.761. The van der Waals surface area contributed by atoms with Gasteiger partial charge >= 0.3 is 0 Å². The summed E-state index contributed by atoms with van der Waals surface area (Å²) >= 11 is 1.55. The largest absolute Gasteiger partial charge is 0.497 e. The molecule has 1 aromatic carbocycles. The Kier molecular flexibility index (Phi) is 4.73. The van der Waals surface area contributed by atoms with Crippen molar-refractivity contribution >= 4 is 11.8 Å². The van der Waals surface area contributed by atoms with E-state index in [2.05, 4.69) is 4.98 Å². The summed E-state index contributed by atoms with van der Waals surface area (Å²) < 4.78 is 10.8. The normalized spacial score (nSPS) is 14.1. The number of ether oxygens (including phenoxy) is 1. The predicted molar refractivity (Wildman–Crippen MR) is 81.2 cm³/mol. The van der Waals surface area contributed by atoms with Gasteiger partial charge < -0.3 is 14.9 Å². The Labute approximate surface area is 123 Å². The number of aryl methyl sites for hydroxylation is 2. The lowest BCUT2D eigenvalue weighted by Gasteiger charge is -2.19. The lowest BCUT2D eigenvalue weighted by atomic mass is 10.1. The minimum absolute atomic E-state index is 0.0130. The zero-order valence-electron chi connectivity index (χ0n) is 12.2. The van der Waals surface area contributed by atoms with E-state index in [0.717, 1.165) is 22.8 Å². The average Bonchev–Trinajstić information content (AvgIpc) is 2.75. The first-order valence-electron chi connectivity index (χ1n) is 6.51. The zero-order chi connectivity index (χ0) is 14.7. The van der Waals surface area contributed by atoms with Gasteiger partial charge in [0.2, 0.25) is 0 Å². The van der Waals surface area contributed by atoms with Crippen molar-refractivity contribution in [2.75, 3.05) is 7.11 Å². The molecule has 5 heteroatoms. The van der Waals surface area contributed by atoms with Gasteiger partial charge in [-0.1, -0.05) is 23.9 Å². The van der Waals surface area contributed by atoms with E-state index in [4.69, 9.17) is 14.9 Å². The van der Waals surface area contributed by atoms with Crippen LogP contribution in [0.25, 0.3) is 0 Å². The Morgan fingerprint density at radius 1 is 1.25 bits per heavy atom. The van der Waals surface area contributed by atoms with Crippen LogP contribution in [0.5, 0.6) is 5.75 Å². The SMILES string of the molecule is COc1ccc(C(Sc2nc(C)c(C)o2)C(C)N)cc1. The van der Waals surface area contributed by atoms with Crippen LogP contribution in [-0.2, 0) is 0 Å². The molecule has 2 aromatic rings. The van der Waals surface area contributed by atoms with Gasteiger partial charge in [-0.25, -0.2) is 4.98 Å². The van der Waals surface area contributed by atoms with Crippen molar-refractivity contribution in [3.8, 4) is 5.75 Å². The van der Waals surface area contributed by atoms with Crippen molar-refractivity contribution in [1.29, 1.82) is 0 Å². The molecule has 2 unspecified atom stereocenters. The van der Waals surface area contributed by atoms with Crippen LogP contribution < -0.4 is 10.5 Å². The van der Waals surface area contributed by atoms with Gasteiger partial charge in [-0.2, -0.15) is 0 Å². The lowest BCUT2D eigenvalue weighted by molar-refractivity contribution is 0.414. The summed E-state index contributed by atoms with van der Waals surface area (Å²) in [6.45, 7) is 5.85. The number of hydrogen-bond donors (Lipinski definition) is 1. The number of aromatic nitrogens is 1. The van der Waals surface area contributed by atoms with Gasteiger partial charge in [-0.15, -0.1) is 0 Å². The van der Waals surface area contributed by atoms with Crippen LogP contribution in [0.15, 0.2) is 33.9 Å². The van der Waals surface area contributed by atoms with Gasteiger partial charge in [-0.05, 0) is 38.5 Å². The summed E-state index contributed by atoms with van der Waals surface area (Å²) in [5.41, 5.74) is 8.17. The number of nitrogens with zero attached hydrogens (tertiary/aromatic N) is 1. The van der Waals surface area contributed by atoms with Gasteiger partial charge in [0.1, 0.15) is 11.5 Å². The van der Waals surface area contributed by atoms with E-state index in [-0.39, 0.29) is 11.3 Å². The third kappa shape index (κ3) is 3.35. The fourth-order valence-electron chi connectivity index (χ4n) is 1.87. The molecule has 0 bridgehead atoms. The molecule has 108 valence electrons. The highest BCUT2D eigenvalue weighted by atomic mass is 32.2. The quantitative estimate of drug-likeness (QED) is 0.855. The van der Waals surface area contributed by atoms with E-state index in [0.29, 0.717) is 5.22 Å².